The summed E-state index contributed by atoms with van der Waals surface area (Å²) >= 11 is 0. The normalized spacial score (nSPS) is 13.1. The fraction of sp³-hybridized carbons (Fsp3) is 0.121. The molecule has 13 rings (SSSR count). The molecule has 0 fully saturated rings. The summed E-state index contributed by atoms with van der Waals surface area (Å²) in [7, 11) is 0. The molecule has 71 heavy (non-hydrogen) atoms. The summed E-state index contributed by atoms with van der Waals surface area (Å²) < 4.78 is 7.05. The number of benzene rings is 10. The van der Waals surface area contributed by atoms with Crippen molar-refractivity contribution < 1.29 is 4.42 Å². The van der Waals surface area contributed by atoms with Crippen molar-refractivity contribution in [3.05, 3.63) is 230 Å². The standard InChI is InChI=1S/C66H54BN3O/c1-65(2,3)45-32-36-47(37-33-45)68-56-27-15-13-25-54(56)67-55-26-14-16-28-57(55)69(48-38-34-46(35-39-48)66(4,5)6)60-42-49(41-59(68)62(60)67)70(58-29-18-24-53-52-23-12-17-30-61(52)71-64(53)58)63-50-22-11-10-21-44(50)31-40-51(63)43-19-8-7-9-20-43/h7-42H,1-6H3. The lowest BCUT2D eigenvalue weighted by atomic mass is 9.33. The maximum atomic E-state index is 7.05. The van der Waals surface area contributed by atoms with Gasteiger partial charge in [0.15, 0.2) is 5.58 Å². The lowest BCUT2D eigenvalue weighted by Gasteiger charge is -2.45. The van der Waals surface area contributed by atoms with Gasteiger partial charge in [-0.05, 0) is 110 Å². The van der Waals surface area contributed by atoms with Gasteiger partial charge in [0.25, 0.3) is 6.71 Å². The molecule has 0 aliphatic carbocycles. The Labute approximate surface area is 417 Å². The minimum absolute atomic E-state index is 0.00234. The molecule has 0 saturated heterocycles. The second-order valence-corrected chi connectivity index (χ2v) is 21.3. The Hall–Kier alpha value is -8.28. The molecule has 11 aromatic rings. The Kier molecular flexibility index (Phi) is 9.73. The van der Waals surface area contributed by atoms with Gasteiger partial charge in [0.2, 0.25) is 0 Å². The number of nitrogens with zero attached hydrogens (tertiary/aromatic N) is 3. The smallest absolute Gasteiger partial charge is 0.252 e. The third-order valence-electron chi connectivity index (χ3n) is 14.9. The molecule has 0 N–H and O–H groups in total. The van der Waals surface area contributed by atoms with Crippen molar-refractivity contribution in [2.24, 2.45) is 0 Å². The molecule has 10 aromatic carbocycles. The fourth-order valence-corrected chi connectivity index (χ4v) is 11.4. The summed E-state index contributed by atoms with van der Waals surface area (Å²) in [5, 5.41) is 4.48. The predicted octanol–water partition coefficient (Wildman–Crippen LogP) is 16.6. The largest absolute Gasteiger partial charge is 0.454 e. The van der Waals surface area contributed by atoms with Crippen LogP contribution in [0.2, 0.25) is 0 Å². The Morgan fingerprint density at radius 2 is 0.958 bits per heavy atom. The minimum Gasteiger partial charge on any atom is -0.454 e. The van der Waals surface area contributed by atoms with Crippen molar-refractivity contribution >= 4 is 107 Å². The van der Waals surface area contributed by atoms with Gasteiger partial charge in [-0.1, -0.05) is 199 Å². The van der Waals surface area contributed by atoms with Crippen LogP contribution in [0, 0.1) is 0 Å². The molecule has 0 amide bonds. The Balaban J connectivity index is 1.19. The molecule has 2 aliphatic heterocycles. The average Bonchev–Trinajstić information content (AvgIpc) is 3.78. The number of rotatable bonds is 6. The summed E-state index contributed by atoms with van der Waals surface area (Å²) in [5.74, 6) is 0. The Morgan fingerprint density at radius 1 is 0.437 bits per heavy atom. The maximum Gasteiger partial charge on any atom is 0.252 e. The molecule has 0 saturated carbocycles. The highest BCUT2D eigenvalue weighted by molar-refractivity contribution is 7.00. The molecule has 1 aromatic heterocycles. The SMILES string of the molecule is CC(C)(C)c1ccc(N2c3ccccc3B3c4ccccc4N(c4ccc(C(C)(C)C)cc4)c4cc(N(c5c(-c6ccccc6)ccc6ccccc56)c5cccc6c5oc5ccccc56)cc2c43)cc1. The molecule has 4 nitrogen and oxygen atoms in total. The summed E-state index contributed by atoms with van der Waals surface area (Å²) in [6.45, 7) is 13.7. The van der Waals surface area contributed by atoms with Crippen LogP contribution < -0.4 is 31.1 Å². The first-order valence-corrected chi connectivity index (χ1v) is 25.0. The van der Waals surface area contributed by atoms with E-state index in [0.29, 0.717) is 0 Å². The second-order valence-electron chi connectivity index (χ2n) is 21.3. The number of furan rings is 1. The predicted molar refractivity (Wildman–Crippen MR) is 303 cm³/mol. The maximum absolute atomic E-state index is 7.05. The summed E-state index contributed by atoms with van der Waals surface area (Å²) in [5.41, 5.74) is 20.3. The van der Waals surface area contributed by atoms with E-state index < -0.39 is 0 Å². The van der Waals surface area contributed by atoms with Crippen LogP contribution in [0.4, 0.5) is 51.2 Å². The molecule has 0 unspecified atom stereocenters. The lowest BCUT2D eigenvalue weighted by Crippen LogP contribution is -2.61. The van der Waals surface area contributed by atoms with Gasteiger partial charge >= 0.3 is 0 Å². The van der Waals surface area contributed by atoms with E-state index in [4.69, 9.17) is 4.42 Å². The summed E-state index contributed by atoms with van der Waals surface area (Å²) in [4.78, 5) is 7.55. The average molecular weight is 916 g/mol. The molecule has 0 bridgehead atoms. The zero-order valence-electron chi connectivity index (χ0n) is 41.1. The molecule has 0 atom stereocenters. The van der Waals surface area contributed by atoms with E-state index in [1.807, 2.05) is 0 Å². The highest BCUT2D eigenvalue weighted by Gasteiger charge is 2.44. The van der Waals surface area contributed by atoms with Gasteiger partial charge in [-0.3, -0.25) is 0 Å². The quantitative estimate of drug-likeness (QED) is 0.155. The van der Waals surface area contributed by atoms with Gasteiger partial charge in [0, 0.05) is 55.8 Å². The Bertz CT molecular complexity index is 3730. The summed E-state index contributed by atoms with van der Waals surface area (Å²) in [6.07, 6.45) is 0. The number of hydrogen-bond acceptors (Lipinski definition) is 4. The molecule has 5 heteroatoms. The third-order valence-corrected chi connectivity index (χ3v) is 14.9. The molecule has 0 radical (unpaired) electrons. The highest BCUT2D eigenvalue weighted by Crippen LogP contribution is 2.52. The fourth-order valence-electron chi connectivity index (χ4n) is 11.4. The number of anilines is 9. The first kappa shape index (κ1) is 42.8. The van der Waals surface area contributed by atoms with Crippen LogP contribution in [0.5, 0.6) is 0 Å². The second kappa shape index (κ2) is 16.1. The van der Waals surface area contributed by atoms with Crippen LogP contribution in [-0.2, 0) is 10.8 Å². The van der Waals surface area contributed by atoms with E-state index in [1.165, 1.54) is 38.9 Å². The molecule has 3 heterocycles. The van der Waals surface area contributed by atoms with Crippen molar-refractivity contribution in [2.75, 3.05) is 14.7 Å². The van der Waals surface area contributed by atoms with E-state index >= 15 is 0 Å². The van der Waals surface area contributed by atoms with Crippen LogP contribution >= 0.6 is 0 Å². The van der Waals surface area contributed by atoms with Crippen molar-refractivity contribution in [3.63, 3.8) is 0 Å². The van der Waals surface area contributed by atoms with E-state index in [9.17, 15) is 0 Å². The first-order chi connectivity index (χ1) is 34.5. The molecule has 342 valence electrons. The van der Waals surface area contributed by atoms with Crippen LogP contribution in [0.15, 0.2) is 223 Å². The summed E-state index contributed by atoms with van der Waals surface area (Å²) in [6, 6.07) is 80.9. The molecular weight excluding hydrogens is 862 g/mol. The van der Waals surface area contributed by atoms with Crippen LogP contribution in [0.25, 0.3) is 43.8 Å². The third kappa shape index (κ3) is 6.89. The lowest BCUT2D eigenvalue weighted by molar-refractivity contribution is 0.590. The van der Waals surface area contributed by atoms with Crippen LogP contribution in [0.1, 0.15) is 52.7 Å². The number of fused-ring (bicyclic) bond motifs is 8. The van der Waals surface area contributed by atoms with Gasteiger partial charge in [0.1, 0.15) is 5.58 Å². The number of hydrogen-bond donors (Lipinski definition) is 0. The van der Waals surface area contributed by atoms with Gasteiger partial charge in [-0.25, -0.2) is 0 Å². The van der Waals surface area contributed by atoms with Crippen molar-refractivity contribution in [1.82, 2.24) is 0 Å². The molecule has 2 aliphatic rings. The van der Waals surface area contributed by atoms with Crippen molar-refractivity contribution in [3.8, 4) is 11.1 Å². The van der Waals surface area contributed by atoms with Crippen molar-refractivity contribution in [2.45, 2.75) is 52.4 Å². The van der Waals surface area contributed by atoms with Crippen LogP contribution in [0.3, 0.4) is 0 Å². The molecule has 0 spiro atoms. The van der Waals surface area contributed by atoms with E-state index in [1.54, 1.807) is 0 Å². The van der Waals surface area contributed by atoms with E-state index in [0.717, 1.165) is 83.6 Å². The Morgan fingerprint density at radius 3 is 1.56 bits per heavy atom. The topological polar surface area (TPSA) is 22.9 Å². The monoisotopic (exact) mass is 915 g/mol. The van der Waals surface area contributed by atoms with E-state index in [-0.39, 0.29) is 17.5 Å². The first-order valence-electron chi connectivity index (χ1n) is 25.0. The van der Waals surface area contributed by atoms with Gasteiger partial charge in [0.05, 0.1) is 17.1 Å². The molecular formula is C66H54BN3O. The minimum atomic E-state index is -0.0265. The van der Waals surface area contributed by atoms with Crippen LogP contribution in [-0.4, -0.2) is 6.71 Å². The van der Waals surface area contributed by atoms with E-state index in [2.05, 4.69) is 275 Å². The van der Waals surface area contributed by atoms with Gasteiger partial charge in [-0.15, -0.1) is 0 Å². The van der Waals surface area contributed by atoms with Gasteiger partial charge in [-0.2, -0.15) is 0 Å². The highest BCUT2D eigenvalue weighted by atomic mass is 16.3. The van der Waals surface area contributed by atoms with Gasteiger partial charge < -0.3 is 19.1 Å². The number of para-hydroxylation sites is 4. The zero-order valence-corrected chi connectivity index (χ0v) is 41.1. The zero-order chi connectivity index (χ0) is 48.2. The van der Waals surface area contributed by atoms with Crippen molar-refractivity contribution in [1.29, 1.82) is 0 Å².